The Morgan fingerprint density at radius 3 is 1.30 bits per heavy atom. The van der Waals surface area contributed by atoms with Gasteiger partial charge in [0.15, 0.2) is 0 Å². The van der Waals surface area contributed by atoms with Gasteiger partial charge in [0.05, 0.1) is 79.3 Å². The molecule has 0 heterocycles. The van der Waals surface area contributed by atoms with Gasteiger partial charge >= 0.3 is 5.97 Å². The van der Waals surface area contributed by atoms with Crippen molar-refractivity contribution in [2.75, 3.05) is 92.5 Å². The average Bonchev–Trinajstić information content (AvgIpc) is 2.68. The van der Waals surface area contributed by atoms with Gasteiger partial charge < -0.3 is 37.9 Å². The Balaban J connectivity index is 3.12. The molecule has 176 valence electrons. The second-order valence-electron chi connectivity index (χ2n) is 6.96. The van der Waals surface area contributed by atoms with Crippen molar-refractivity contribution >= 4 is 5.97 Å². The molecule has 0 bridgehead atoms. The van der Waals surface area contributed by atoms with Gasteiger partial charge in [0.1, 0.15) is 18.8 Å². The summed E-state index contributed by atoms with van der Waals surface area (Å²) in [6.45, 7) is 11.3. The van der Waals surface area contributed by atoms with Gasteiger partial charge in [-0.15, -0.1) is 6.42 Å². The number of hydrogen-bond donors (Lipinski definition) is 0. The molecule has 0 radical (unpaired) electrons. The first-order chi connectivity index (χ1) is 14.5. The van der Waals surface area contributed by atoms with E-state index >= 15 is 0 Å². The van der Waals surface area contributed by atoms with Crippen LogP contribution in [0.1, 0.15) is 20.8 Å². The van der Waals surface area contributed by atoms with Crippen molar-refractivity contribution in [3.05, 3.63) is 0 Å². The topological polar surface area (TPSA) is 90.9 Å². The van der Waals surface area contributed by atoms with E-state index in [0.29, 0.717) is 85.9 Å². The fraction of sp³-hybridized carbons (Fsp3) is 0.857. The fourth-order valence-electron chi connectivity index (χ4n) is 1.87. The van der Waals surface area contributed by atoms with E-state index < -0.39 is 5.60 Å². The molecule has 0 saturated carbocycles. The maximum Gasteiger partial charge on any atom is 0.332 e. The molecule has 0 fully saturated rings. The molecule has 0 unspecified atom stereocenters. The Hall–Kier alpha value is -1.25. The largest absolute Gasteiger partial charge is 0.458 e. The van der Waals surface area contributed by atoms with E-state index in [9.17, 15) is 4.79 Å². The standard InChI is InChI=1S/C21H38O9/c1-5-6-23-7-8-24-9-10-25-11-12-26-13-14-27-15-16-28-17-18-29-19-20(22)30-21(2,3)4/h1H,6-19H2,2-4H3. The first kappa shape index (κ1) is 28.8. The summed E-state index contributed by atoms with van der Waals surface area (Å²) in [5.74, 6) is 2.00. The highest BCUT2D eigenvalue weighted by atomic mass is 16.6. The molecule has 0 aliphatic carbocycles. The van der Waals surface area contributed by atoms with Gasteiger partial charge in [-0.2, -0.15) is 0 Å². The van der Waals surface area contributed by atoms with Crippen LogP contribution in [0.5, 0.6) is 0 Å². The maximum absolute atomic E-state index is 11.4. The predicted octanol–water partition coefficient (Wildman–Crippen LogP) is 1.08. The summed E-state index contributed by atoms with van der Waals surface area (Å²) < 4.78 is 42.2. The van der Waals surface area contributed by atoms with Gasteiger partial charge in [-0.3, -0.25) is 0 Å². The quantitative estimate of drug-likeness (QED) is 0.149. The smallest absolute Gasteiger partial charge is 0.332 e. The minimum atomic E-state index is -0.501. The summed E-state index contributed by atoms with van der Waals surface area (Å²) in [5.41, 5.74) is -0.501. The van der Waals surface area contributed by atoms with E-state index in [-0.39, 0.29) is 12.6 Å². The zero-order valence-corrected chi connectivity index (χ0v) is 18.7. The summed E-state index contributed by atoms with van der Waals surface area (Å²) >= 11 is 0. The van der Waals surface area contributed by atoms with Crippen LogP contribution in [0.25, 0.3) is 0 Å². The van der Waals surface area contributed by atoms with E-state index in [1.165, 1.54) is 0 Å². The van der Waals surface area contributed by atoms with Crippen molar-refractivity contribution in [1.82, 2.24) is 0 Å². The van der Waals surface area contributed by atoms with Crippen LogP contribution >= 0.6 is 0 Å². The molecule has 0 aliphatic rings. The summed E-state index contributed by atoms with van der Waals surface area (Å²) in [5, 5.41) is 0. The highest BCUT2D eigenvalue weighted by molar-refractivity contribution is 5.71. The van der Waals surface area contributed by atoms with Crippen LogP contribution < -0.4 is 0 Å². The second-order valence-corrected chi connectivity index (χ2v) is 6.96. The van der Waals surface area contributed by atoms with Crippen LogP contribution in [0.4, 0.5) is 0 Å². The monoisotopic (exact) mass is 434 g/mol. The molecule has 0 atom stereocenters. The zero-order chi connectivity index (χ0) is 22.3. The maximum atomic E-state index is 11.4. The van der Waals surface area contributed by atoms with Crippen molar-refractivity contribution in [2.24, 2.45) is 0 Å². The SMILES string of the molecule is C#CCOCCOCCOCCOCCOCCOCCOCC(=O)OC(C)(C)C. The van der Waals surface area contributed by atoms with E-state index in [4.69, 9.17) is 44.3 Å². The number of hydrogen-bond acceptors (Lipinski definition) is 9. The summed E-state index contributed by atoms with van der Waals surface area (Å²) in [7, 11) is 0. The Morgan fingerprint density at radius 2 is 0.967 bits per heavy atom. The molecule has 0 saturated heterocycles. The van der Waals surface area contributed by atoms with Crippen LogP contribution in [0, 0.1) is 12.3 Å². The molecule has 0 amide bonds. The normalized spacial score (nSPS) is 11.4. The van der Waals surface area contributed by atoms with E-state index in [0.717, 1.165) is 0 Å². The van der Waals surface area contributed by atoms with Gasteiger partial charge in [-0.1, -0.05) is 5.92 Å². The number of carbonyl (C=O) groups excluding carboxylic acids is 1. The Labute approximate surface area is 180 Å². The first-order valence-corrected chi connectivity index (χ1v) is 10.1. The van der Waals surface area contributed by atoms with Crippen LogP contribution in [-0.4, -0.2) is 104 Å². The lowest BCUT2D eigenvalue weighted by molar-refractivity contribution is -0.160. The van der Waals surface area contributed by atoms with Gasteiger partial charge in [0.25, 0.3) is 0 Å². The molecule has 0 aliphatic heterocycles. The van der Waals surface area contributed by atoms with E-state index in [1.54, 1.807) is 0 Å². The average molecular weight is 435 g/mol. The van der Waals surface area contributed by atoms with Crippen LogP contribution in [0.15, 0.2) is 0 Å². The first-order valence-electron chi connectivity index (χ1n) is 10.1. The van der Waals surface area contributed by atoms with Crippen LogP contribution in [0.2, 0.25) is 0 Å². The van der Waals surface area contributed by atoms with E-state index in [2.05, 4.69) is 5.92 Å². The van der Waals surface area contributed by atoms with Crippen LogP contribution in [-0.2, 0) is 42.7 Å². The zero-order valence-electron chi connectivity index (χ0n) is 18.7. The van der Waals surface area contributed by atoms with Crippen molar-refractivity contribution in [3.63, 3.8) is 0 Å². The lowest BCUT2D eigenvalue weighted by Gasteiger charge is -2.19. The molecule has 0 aromatic heterocycles. The minimum absolute atomic E-state index is 0.0761. The third-order valence-corrected chi connectivity index (χ3v) is 3.06. The summed E-state index contributed by atoms with van der Waals surface area (Å²) in [6, 6.07) is 0. The van der Waals surface area contributed by atoms with Gasteiger partial charge in [-0.25, -0.2) is 4.79 Å². The van der Waals surface area contributed by atoms with Crippen molar-refractivity contribution in [1.29, 1.82) is 0 Å². The lowest BCUT2D eigenvalue weighted by Crippen LogP contribution is -2.27. The third-order valence-electron chi connectivity index (χ3n) is 3.06. The van der Waals surface area contributed by atoms with Crippen molar-refractivity contribution < 1.29 is 42.7 Å². The summed E-state index contributed by atoms with van der Waals surface area (Å²) in [4.78, 5) is 11.4. The van der Waals surface area contributed by atoms with Gasteiger partial charge in [0, 0.05) is 0 Å². The molecular weight excluding hydrogens is 396 g/mol. The highest BCUT2D eigenvalue weighted by Gasteiger charge is 2.15. The number of esters is 1. The molecule has 9 nitrogen and oxygen atoms in total. The molecule has 0 rings (SSSR count). The minimum Gasteiger partial charge on any atom is -0.458 e. The Bertz CT molecular complexity index is 429. The number of ether oxygens (including phenoxy) is 8. The molecule has 0 N–H and O–H groups in total. The molecule has 0 aromatic rings. The third kappa shape index (κ3) is 24.8. The molecular formula is C21H38O9. The van der Waals surface area contributed by atoms with Crippen molar-refractivity contribution in [3.8, 4) is 12.3 Å². The van der Waals surface area contributed by atoms with Crippen LogP contribution in [0.3, 0.4) is 0 Å². The molecule has 9 heteroatoms. The Kier molecular flexibility index (Phi) is 20.1. The number of terminal acetylenes is 1. The number of rotatable bonds is 21. The summed E-state index contributed by atoms with van der Waals surface area (Å²) in [6.07, 6.45) is 5.05. The number of carbonyl (C=O) groups is 1. The highest BCUT2D eigenvalue weighted by Crippen LogP contribution is 2.06. The second kappa shape index (κ2) is 21.0. The molecule has 0 spiro atoms. The predicted molar refractivity (Wildman–Crippen MR) is 110 cm³/mol. The van der Waals surface area contributed by atoms with Gasteiger partial charge in [0.2, 0.25) is 0 Å². The molecule has 30 heavy (non-hydrogen) atoms. The lowest BCUT2D eigenvalue weighted by atomic mass is 10.2. The Morgan fingerprint density at radius 1 is 0.633 bits per heavy atom. The van der Waals surface area contributed by atoms with E-state index in [1.807, 2.05) is 20.8 Å². The molecule has 0 aromatic carbocycles. The van der Waals surface area contributed by atoms with Gasteiger partial charge in [-0.05, 0) is 20.8 Å². The fourth-order valence-corrected chi connectivity index (χ4v) is 1.87. The van der Waals surface area contributed by atoms with Crippen molar-refractivity contribution in [2.45, 2.75) is 26.4 Å².